The van der Waals surface area contributed by atoms with E-state index in [1.54, 1.807) is 6.07 Å². The first kappa shape index (κ1) is 21.3. The van der Waals surface area contributed by atoms with Crippen molar-refractivity contribution < 1.29 is 24.0 Å². The maximum atomic E-state index is 14.0. The number of halogens is 1. The fourth-order valence-electron chi connectivity index (χ4n) is 2.72. The number of amides is 2. The maximum absolute atomic E-state index is 14.0. The molecule has 28 heavy (non-hydrogen) atoms. The summed E-state index contributed by atoms with van der Waals surface area (Å²) in [5.74, 6) is -2.89. The molecule has 0 spiro atoms. The molecule has 1 unspecified atom stereocenters. The highest BCUT2D eigenvalue weighted by molar-refractivity contribution is 6.43. The van der Waals surface area contributed by atoms with Gasteiger partial charge >= 0.3 is 7.12 Å². The van der Waals surface area contributed by atoms with E-state index in [1.807, 2.05) is 30.3 Å². The van der Waals surface area contributed by atoms with Gasteiger partial charge in [0.15, 0.2) is 0 Å². The van der Waals surface area contributed by atoms with Crippen molar-refractivity contribution in [2.75, 3.05) is 11.4 Å². The quantitative estimate of drug-likeness (QED) is 0.451. The lowest BCUT2D eigenvalue weighted by Crippen LogP contribution is -2.50. The predicted molar refractivity (Wildman–Crippen MR) is 106 cm³/mol. The molecule has 6 nitrogen and oxygen atoms in total. The monoisotopic (exact) mass is 384 g/mol. The summed E-state index contributed by atoms with van der Waals surface area (Å²) in [6, 6.07) is 15.0. The smallest absolute Gasteiger partial charge is 0.426 e. The number of carbonyl (C=O) groups is 2. The zero-order valence-electron chi connectivity index (χ0n) is 15.3. The van der Waals surface area contributed by atoms with Gasteiger partial charge in [0, 0.05) is 0 Å². The molecule has 0 aliphatic rings. The highest BCUT2D eigenvalue weighted by Crippen LogP contribution is 2.19. The van der Waals surface area contributed by atoms with E-state index in [0.717, 1.165) is 16.5 Å². The number of aryl methyl sites for hydroxylation is 1. The Morgan fingerprint density at radius 2 is 1.79 bits per heavy atom. The zero-order chi connectivity index (χ0) is 20.5. The molecule has 1 atom stereocenters. The number of hydrogen-bond donors (Lipinski definition) is 3. The van der Waals surface area contributed by atoms with Crippen molar-refractivity contribution in [2.45, 2.75) is 18.8 Å². The van der Waals surface area contributed by atoms with Crippen molar-refractivity contribution in [3.8, 4) is 0 Å². The molecule has 2 rings (SSSR count). The standard InChI is InChI=1S/C20H22BFN2O4/c1-2-20(26)24(17-11-7-6-10-16(17)22)14-19(25)23-18(21(27)28)13-12-15-8-4-3-5-9-15/h2-11,18,27-28H,1,12-14H2,(H,23,25). The van der Waals surface area contributed by atoms with Gasteiger partial charge in [-0.3, -0.25) is 14.5 Å². The Balaban J connectivity index is 2.05. The minimum atomic E-state index is -1.77. The van der Waals surface area contributed by atoms with Gasteiger partial charge in [0.2, 0.25) is 5.91 Å². The third-order valence-corrected chi connectivity index (χ3v) is 4.18. The number of anilines is 1. The Morgan fingerprint density at radius 1 is 1.14 bits per heavy atom. The summed E-state index contributed by atoms with van der Waals surface area (Å²) in [5, 5.41) is 21.6. The van der Waals surface area contributed by atoms with Gasteiger partial charge in [0.1, 0.15) is 12.4 Å². The summed E-state index contributed by atoms with van der Waals surface area (Å²) in [5.41, 5.74) is 0.921. The minimum absolute atomic E-state index is 0.0621. The zero-order valence-corrected chi connectivity index (χ0v) is 15.3. The molecule has 2 aromatic rings. The Hall–Kier alpha value is -2.97. The second-order valence-electron chi connectivity index (χ2n) is 6.19. The SMILES string of the molecule is C=CC(=O)N(CC(=O)NC(CCc1ccccc1)B(O)O)c1ccccc1F. The van der Waals surface area contributed by atoms with Gasteiger partial charge in [-0.1, -0.05) is 49.0 Å². The van der Waals surface area contributed by atoms with E-state index in [9.17, 15) is 24.0 Å². The Morgan fingerprint density at radius 3 is 2.39 bits per heavy atom. The molecule has 0 radical (unpaired) electrons. The number of hydrogen-bond acceptors (Lipinski definition) is 4. The molecular weight excluding hydrogens is 362 g/mol. The van der Waals surface area contributed by atoms with E-state index >= 15 is 0 Å². The lowest BCUT2D eigenvalue weighted by Gasteiger charge is -2.23. The Kier molecular flexibility index (Phi) is 7.92. The molecule has 0 aromatic heterocycles. The maximum Gasteiger partial charge on any atom is 0.475 e. The highest BCUT2D eigenvalue weighted by atomic mass is 19.1. The summed E-state index contributed by atoms with van der Waals surface area (Å²) in [6.45, 7) is 2.89. The fourth-order valence-corrected chi connectivity index (χ4v) is 2.72. The van der Waals surface area contributed by atoms with Crippen LogP contribution in [0, 0.1) is 5.82 Å². The van der Waals surface area contributed by atoms with Crippen LogP contribution >= 0.6 is 0 Å². The number of para-hydroxylation sites is 1. The first-order valence-electron chi connectivity index (χ1n) is 8.80. The Labute approximate surface area is 163 Å². The number of carbonyl (C=O) groups excluding carboxylic acids is 2. The summed E-state index contributed by atoms with van der Waals surface area (Å²) >= 11 is 0. The molecule has 0 heterocycles. The number of benzene rings is 2. The summed E-state index contributed by atoms with van der Waals surface area (Å²) in [7, 11) is -1.77. The number of nitrogens with one attached hydrogen (secondary N) is 1. The van der Waals surface area contributed by atoms with Gasteiger partial charge in [-0.2, -0.15) is 0 Å². The van der Waals surface area contributed by atoms with Crippen molar-refractivity contribution in [3.63, 3.8) is 0 Å². The highest BCUT2D eigenvalue weighted by Gasteiger charge is 2.27. The fraction of sp³-hybridized carbons (Fsp3) is 0.200. The molecule has 3 N–H and O–H groups in total. The van der Waals surface area contributed by atoms with Crippen molar-refractivity contribution in [2.24, 2.45) is 0 Å². The second-order valence-corrected chi connectivity index (χ2v) is 6.19. The summed E-state index contributed by atoms with van der Waals surface area (Å²) in [4.78, 5) is 25.4. The third kappa shape index (κ3) is 6.04. The molecule has 0 saturated carbocycles. The topological polar surface area (TPSA) is 89.9 Å². The first-order chi connectivity index (χ1) is 13.4. The second kappa shape index (κ2) is 10.4. The van der Waals surface area contributed by atoms with Gasteiger partial charge in [-0.25, -0.2) is 4.39 Å². The molecule has 2 aromatic carbocycles. The van der Waals surface area contributed by atoms with Crippen molar-refractivity contribution >= 4 is 24.6 Å². The lowest BCUT2D eigenvalue weighted by atomic mass is 9.76. The van der Waals surface area contributed by atoms with Crippen LogP contribution in [0.25, 0.3) is 0 Å². The van der Waals surface area contributed by atoms with Gasteiger partial charge in [0.25, 0.3) is 5.91 Å². The largest absolute Gasteiger partial charge is 0.475 e. The van der Waals surface area contributed by atoms with Crippen LogP contribution in [-0.2, 0) is 16.0 Å². The van der Waals surface area contributed by atoms with Crippen LogP contribution in [0.3, 0.4) is 0 Å². The minimum Gasteiger partial charge on any atom is -0.426 e. The summed E-state index contributed by atoms with van der Waals surface area (Å²) in [6.07, 6.45) is 1.78. The first-order valence-corrected chi connectivity index (χ1v) is 8.80. The average Bonchev–Trinajstić information content (AvgIpc) is 2.70. The third-order valence-electron chi connectivity index (χ3n) is 4.18. The van der Waals surface area contributed by atoms with Crippen LogP contribution in [-0.4, -0.2) is 41.5 Å². The van der Waals surface area contributed by atoms with E-state index in [-0.39, 0.29) is 12.1 Å². The van der Waals surface area contributed by atoms with Crippen LogP contribution < -0.4 is 10.2 Å². The van der Waals surface area contributed by atoms with Crippen LogP contribution in [0.4, 0.5) is 10.1 Å². The van der Waals surface area contributed by atoms with Gasteiger partial charge in [-0.05, 0) is 36.6 Å². The van der Waals surface area contributed by atoms with Crippen LogP contribution in [0.5, 0.6) is 0 Å². The van der Waals surface area contributed by atoms with Crippen molar-refractivity contribution in [1.82, 2.24) is 5.32 Å². The molecule has 8 heteroatoms. The molecule has 0 aliphatic carbocycles. The molecule has 0 aliphatic heterocycles. The molecular formula is C20H22BFN2O4. The lowest BCUT2D eigenvalue weighted by molar-refractivity contribution is -0.122. The van der Waals surface area contributed by atoms with Crippen LogP contribution in [0.2, 0.25) is 0 Å². The normalized spacial score (nSPS) is 11.4. The van der Waals surface area contributed by atoms with E-state index in [0.29, 0.717) is 6.42 Å². The molecule has 2 amide bonds. The van der Waals surface area contributed by atoms with Crippen molar-refractivity contribution in [1.29, 1.82) is 0 Å². The van der Waals surface area contributed by atoms with E-state index in [4.69, 9.17) is 0 Å². The average molecular weight is 384 g/mol. The van der Waals surface area contributed by atoms with Crippen LogP contribution in [0.15, 0.2) is 67.3 Å². The molecule has 0 saturated heterocycles. The van der Waals surface area contributed by atoms with E-state index in [2.05, 4.69) is 11.9 Å². The Bertz CT molecular complexity index is 817. The molecule has 0 bridgehead atoms. The van der Waals surface area contributed by atoms with E-state index < -0.39 is 37.2 Å². The van der Waals surface area contributed by atoms with Crippen LogP contribution in [0.1, 0.15) is 12.0 Å². The number of nitrogens with zero attached hydrogens (tertiary/aromatic N) is 1. The predicted octanol–water partition coefficient (Wildman–Crippen LogP) is 1.47. The number of rotatable bonds is 9. The van der Waals surface area contributed by atoms with Gasteiger partial charge < -0.3 is 15.4 Å². The van der Waals surface area contributed by atoms with E-state index in [1.165, 1.54) is 18.2 Å². The summed E-state index contributed by atoms with van der Waals surface area (Å²) < 4.78 is 14.0. The van der Waals surface area contributed by atoms with Crippen molar-refractivity contribution in [3.05, 3.63) is 78.6 Å². The molecule has 146 valence electrons. The molecule has 0 fully saturated rings. The van der Waals surface area contributed by atoms with Gasteiger partial charge in [0.05, 0.1) is 11.6 Å². The van der Waals surface area contributed by atoms with Gasteiger partial charge in [-0.15, -0.1) is 0 Å².